The van der Waals surface area contributed by atoms with Crippen LogP contribution in [0.5, 0.6) is 17.4 Å². The Balaban J connectivity index is 1.60. The molecule has 32 heavy (non-hydrogen) atoms. The number of rotatable bonds is 11. The second-order valence-corrected chi connectivity index (χ2v) is 7.56. The fourth-order valence-electron chi connectivity index (χ4n) is 3.66. The van der Waals surface area contributed by atoms with E-state index in [-0.39, 0.29) is 6.10 Å². The van der Waals surface area contributed by atoms with Crippen molar-refractivity contribution in [3.8, 4) is 17.4 Å². The number of aromatic nitrogens is 1. The molecule has 1 aliphatic rings. The summed E-state index contributed by atoms with van der Waals surface area (Å²) in [5.41, 5.74) is 1.97. The molecule has 0 bridgehead atoms. The number of ether oxygens (including phenoxy) is 4. The average Bonchev–Trinajstić information content (AvgIpc) is 3.34. The van der Waals surface area contributed by atoms with E-state index >= 15 is 0 Å². The molecule has 0 spiro atoms. The van der Waals surface area contributed by atoms with Crippen LogP contribution in [0, 0.1) is 0 Å². The zero-order chi connectivity index (χ0) is 22.6. The largest absolute Gasteiger partial charge is 0.493 e. The van der Waals surface area contributed by atoms with Crippen LogP contribution in [0.3, 0.4) is 0 Å². The highest BCUT2D eigenvalue weighted by atomic mass is 16.5. The third-order valence-corrected chi connectivity index (χ3v) is 5.36. The van der Waals surface area contributed by atoms with Crippen molar-refractivity contribution in [2.24, 2.45) is 4.99 Å². The molecule has 0 radical (unpaired) electrons. The number of nitrogens with one attached hydrogen (secondary N) is 2. The molecular formula is C24H34N4O4. The fourth-order valence-corrected chi connectivity index (χ4v) is 3.66. The Morgan fingerprint density at radius 3 is 2.50 bits per heavy atom. The summed E-state index contributed by atoms with van der Waals surface area (Å²) in [7, 11) is 5.07. The highest BCUT2D eigenvalue weighted by Gasteiger charge is 2.20. The maximum atomic E-state index is 6.33. The predicted octanol–water partition coefficient (Wildman–Crippen LogP) is 3.30. The summed E-state index contributed by atoms with van der Waals surface area (Å²) in [6.45, 7) is 2.05. The molecule has 0 amide bonds. The van der Waals surface area contributed by atoms with E-state index in [2.05, 4.69) is 26.7 Å². The first-order chi connectivity index (χ1) is 15.7. The molecule has 2 N–H and O–H groups in total. The van der Waals surface area contributed by atoms with Crippen molar-refractivity contribution < 1.29 is 18.9 Å². The number of aliphatic imine (C=N–C) groups is 1. The molecule has 0 saturated heterocycles. The third-order valence-electron chi connectivity index (χ3n) is 5.36. The number of pyridine rings is 1. The van der Waals surface area contributed by atoms with Gasteiger partial charge in [0.05, 0.1) is 19.8 Å². The van der Waals surface area contributed by atoms with Gasteiger partial charge < -0.3 is 29.6 Å². The van der Waals surface area contributed by atoms with Crippen LogP contribution in [0.15, 0.2) is 41.5 Å². The van der Waals surface area contributed by atoms with E-state index < -0.39 is 0 Å². The van der Waals surface area contributed by atoms with Crippen LogP contribution < -0.4 is 24.8 Å². The molecule has 2 aromatic rings. The van der Waals surface area contributed by atoms with Gasteiger partial charge in [-0.2, -0.15) is 0 Å². The maximum Gasteiger partial charge on any atom is 0.218 e. The Labute approximate surface area is 190 Å². The van der Waals surface area contributed by atoms with Crippen molar-refractivity contribution in [3.63, 3.8) is 0 Å². The second kappa shape index (κ2) is 12.8. The molecule has 1 heterocycles. The summed E-state index contributed by atoms with van der Waals surface area (Å²) in [5.74, 6) is 2.83. The Morgan fingerprint density at radius 2 is 1.78 bits per heavy atom. The van der Waals surface area contributed by atoms with Crippen LogP contribution in [0.2, 0.25) is 0 Å². The SMILES string of the molecule is CN=C(NCc1cccnc1OCCOC)NCc1cccc(OC)c1OC1CCCC1. The van der Waals surface area contributed by atoms with E-state index in [0.717, 1.165) is 35.5 Å². The van der Waals surface area contributed by atoms with Gasteiger partial charge in [0.2, 0.25) is 5.88 Å². The molecule has 8 heteroatoms. The number of hydrogen-bond acceptors (Lipinski definition) is 6. The maximum absolute atomic E-state index is 6.33. The summed E-state index contributed by atoms with van der Waals surface area (Å²) in [6.07, 6.45) is 6.59. The zero-order valence-corrected chi connectivity index (χ0v) is 19.2. The highest BCUT2D eigenvalue weighted by molar-refractivity contribution is 5.79. The number of hydrogen-bond donors (Lipinski definition) is 2. The van der Waals surface area contributed by atoms with E-state index in [9.17, 15) is 0 Å². The quantitative estimate of drug-likeness (QED) is 0.314. The van der Waals surface area contributed by atoms with Crippen molar-refractivity contribution in [3.05, 3.63) is 47.7 Å². The molecule has 1 aliphatic carbocycles. The molecule has 3 rings (SSSR count). The van der Waals surface area contributed by atoms with Crippen molar-refractivity contribution in [1.82, 2.24) is 15.6 Å². The summed E-state index contributed by atoms with van der Waals surface area (Å²) in [6, 6.07) is 9.83. The van der Waals surface area contributed by atoms with Gasteiger partial charge in [-0.25, -0.2) is 4.98 Å². The van der Waals surface area contributed by atoms with Crippen LogP contribution >= 0.6 is 0 Å². The molecule has 0 unspecified atom stereocenters. The number of nitrogens with zero attached hydrogens (tertiary/aromatic N) is 2. The van der Waals surface area contributed by atoms with E-state index in [1.807, 2.05) is 24.3 Å². The topological polar surface area (TPSA) is 86.2 Å². The minimum atomic E-state index is 0.254. The lowest BCUT2D eigenvalue weighted by Gasteiger charge is -2.20. The summed E-state index contributed by atoms with van der Waals surface area (Å²) < 4.78 is 22.6. The fraction of sp³-hybridized carbons (Fsp3) is 0.500. The van der Waals surface area contributed by atoms with E-state index in [0.29, 0.717) is 38.1 Å². The van der Waals surface area contributed by atoms with Crippen molar-refractivity contribution in [1.29, 1.82) is 0 Å². The zero-order valence-electron chi connectivity index (χ0n) is 19.2. The lowest BCUT2D eigenvalue weighted by Crippen LogP contribution is -2.36. The number of para-hydroxylation sites is 1. The molecule has 1 saturated carbocycles. The number of benzene rings is 1. The molecule has 1 aromatic heterocycles. The Bertz CT molecular complexity index is 869. The molecule has 8 nitrogen and oxygen atoms in total. The standard InChI is InChI=1S/C24H34N4O4/c1-25-24(28-17-19-9-7-13-26-23(19)31-15-14-29-2)27-16-18-8-6-12-21(30-3)22(18)32-20-10-4-5-11-20/h6-9,12-13,20H,4-5,10-11,14-17H2,1-3H3,(H2,25,27,28). The van der Waals surface area contributed by atoms with Crippen LogP contribution in [0.4, 0.5) is 0 Å². The van der Waals surface area contributed by atoms with Crippen molar-refractivity contribution >= 4 is 5.96 Å². The first kappa shape index (κ1) is 23.7. The van der Waals surface area contributed by atoms with Crippen LogP contribution in [0.1, 0.15) is 36.8 Å². The van der Waals surface area contributed by atoms with Gasteiger partial charge in [-0.1, -0.05) is 18.2 Å². The summed E-state index contributed by atoms with van der Waals surface area (Å²) in [5, 5.41) is 6.69. The second-order valence-electron chi connectivity index (χ2n) is 7.56. The van der Waals surface area contributed by atoms with E-state index in [1.54, 1.807) is 27.5 Å². The summed E-state index contributed by atoms with van der Waals surface area (Å²) >= 11 is 0. The third kappa shape index (κ3) is 6.75. The van der Waals surface area contributed by atoms with Gasteiger partial charge in [-0.3, -0.25) is 4.99 Å². The first-order valence-corrected chi connectivity index (χ1v) is 11.1. The van der Waals surface area contributed by atoms with E-state index in [1.165, 1.54) is 12.8 Å². The van der Waals surface area contributed by atoms with Gasteiger partial charge in [-0.15, -0.1) is 0 Å². The van der Waals surface area contributed by atoms with Gasteiger partial charge in [0, 0.05) is 44.6 Å². The molecular weight excluding hydrogens is 408 g/mol. The predicted molar refractivity (Wildman–Crippen MR) is 125 cm³/mol. The average molecular weight is 443 g/mol. The number of guanidine groups is 1. The van der Waals surface area contributed by atoms with Crippen LogP contribution in [0.25, 0.3) is 0 Å². The summed E-state index contributed by atoms with van der Waals surface area (Å²) in [4.78, 5) is 8.66. The molecule has 1 aromatic carbocycles. The van der Waals surface area contributed by atoms with E-state index in [4.69, 9.17) is 18.9 Å². The lowest BCUT2D eigenvalue weighted by molar-refractivity contribution is 0.143. The Morgan fingerprint density at radius 1 is 1.03 bits per heavy atom. The van der Waals surface area contributed by atoms with Gasteiger partial charge in [0.25, 0.3) is 0 Å². The van der Waals surface area contributed by atoms with Crippen molar-refractivity contribution in [2.45, 2.75) is 44.9 Å². The normalized spacial score (nSPS) is 14.3. The minimum absolute atomic E-state index is 0.254. The minimum Gasteiger partial charge on any atom is -0.493 e. The lowest BCUT2D eigenvalue weighted by atomic mass is 10.1. The molecule has 0 aliphatic heterocycles. The van der Waals surface area contributed by atoms with Crippen LogP contribution in [-0.2, 0) is 17.8 Å². The smallest absolute Gasteiger partial charge is 0.218 e. The van der Waals surface area contributed by atoms with Crippen molar-refractivity contribution in [2.75, 3.05) is 34.5 Å². The van der Waals surface area contributed by atoms with Gasteiger partial charge in [0.15, 0.2) is 17.5 Å². The first-order valence-electron chi connectivity index (χ1n) is 11.1. The van der Waals surface area contributed by atoms with Crippen LogP contribution in [-0.4, -0.2) is 51.5 Å². The monoisotopic (exact) mass is 442 g/mol. The molecule has 0 atom stereocenters. The van der Waals surface area contributed by atoms with Gasteiger partial charge >= 0.3 is 0 Å². The number of methoxy groups -OCH3 is 2. The molecule has 174 valence electrons. The Kier molecular flexibility index (Phi) is 9.43. The molecule has 1 fully saturated rings. The Hall–Kier alpha value is -3.00. The highest BCUT2D eigenvalue weighted by Crippen LogP contribution is 2.34. The van der Waals surface area contributed by atoms with Gasteiger partial charge in [0.1, 0.15) is 6.61 Å². The van der Waals surface area contributed by atoms with Gasteiger partial charge in [-0.05, 0) is 37.8 Å².